The van der Waals surface area contributed by atoms with Crippen molar-refractivity contribution in [3.8, 4) is 0 Å². The fourth-order valence-electron chi connectivity index (χ4n) is 3.10. The highest BCUT2D eigenvalue weighted by atomic mass is 79.9. The van der Waals surface area contributed by atoms with Crippen LogP contribution in [0.3, 0.4) is 0 Å². The lowest BCUT2D eigenvalue weighted by molar-refractivity contribution is 0.195. The molecule has 1 aliphatic rings. The number of hydrogen-bond donors (Lipinski definition) is 0. The summed E-state index contributed by atoms with van der Waals surface area (Å²) >= 11 is 7.27. The van der Waals surface area contributed by atoms with Crippen LogP contribution >= 0.6 is 31.9 Å². The molecule has 1 fully saturated rings. The zero-order valence-corrected chi connectivity index (χ0v) is 15.3. The van der Waals surface area contributed by atoms with Crippen molar-refractivity contribution in [2.75, 3.05) is 22.2 Å². The van der Waals surface area contributed by atoms with E-state index in [4.69, 9.17) is 0 Å². The largest absolute Gasteiger partial charge is 0.229 e. The summed E-state index contributed by atoms with van der Waals surface area (Å²) in [6.45, 7) is 4.49. The van der Waals surface area contributed by atoms with Crippen molar-refractivity contribution in [3.05, 3.63) is 0 Å². The third-order valence-electron chi connectivity index (χ3n) is 4.17. The van der Waals surface area contributed by atoms with E-state index in [1.807, 2.05) is 0 Å². The first-order valence-corrected chi connectivity index (χ1v) is 10.8. The van der Waals surface area contributed by atoms with Crippen molar-refractivity contribution in [3.63, 3.8) is 0 Å². The molecular formula is C13H24Br2O2S. The van der Waals surface area contributed by atoms with Gasteiger partial charge in [-0.3, -0.25) is 0 Å². The van der Waals surface area contributed by atoms with Crippen LogP contribution in [0.5, 0.6) is 0 Å². The number of rotatable bonds is 7. The maximum atomic E-state index is 11.7. The fourth-order valence-corrected chi connectivity index (χ4v) is 7.34. The first-order valence-electron chi connectivity index (χ1n) is 6.71. The average molecular weight is 404 g/mol. The zero-order valence-electron chi connectivity index (χ0n) is 11.3. The van der Waals surface area contributed by atoms with Gasteiger partial charge in [0, 0.05) is 10.7 Å². The molecule has 1 heterocycles. The molecule has 1 rings (SSSR count). The van der Waals surface area contributed by atoms with Gasteiger partial charge in [-0.25, -0.2) is 8.42 Å². The highest BCUT2D eigenvalue weighted by Crippen LogP contribution is 2.44. The molecule has 2 unspecified atom stereocenters. The van der Waals surface area contributed by atoms with Gasteiger partial charge in [-0.2, -0.15) is 0 Å². The maximum Gasteiger partial charge on any atom is 0.150 e. The maximum absolute atomic E-state index is 11.7. The monoisotopic (exact) mass is 402 g/mol. The zero-order chi connectivity index (χ0) is 13.8. The Morgan fingerprint density at radius 1 is 1.33 bits per heavy atom. The number of alkyl halides is 2. The van der Waals surface area contributed by atoms with Gasteiger partial charge in [-0.1, -0.05) is 58.5 Å². The SMILES string of the molecule is CCCC(C)CC(CBr)(CBr)C1CCS(=O)(=O)C1. The molecule has 1 saturated heterocycles. The van der Waals surface area contributed by atoms with Crippen molar-refractivity contribution >= 4 is 41.7 Å². The van der Waals surface area contributed by atoms with Crippen LogP contribution < -0.4 is 0 Å². The molecule has 0 saturated carbocycles. The van der Waals surface area contributed by atoms with Crippen LogP contribution in [0.15, 0.2) is 0 Å². The lowest BCUT2D eigenvalue weighted by Gasteiger charge is -2.38. The molecule has 18 heavy (non-hydrogen) atoms. The molecule has 0 aliphatic carbocycles. The van der Waals surface area contributed by atoms with E-state index in [2.05, 4.69) is 45.7 Å². The molecule has 108 valence electrons. The minimum Gasteiger partial charge on any atom is -0.229 e. The number of halogens is 2. The standard InChI is InChI=1S/C13H24Br2O2S/c1-3-4-11(2)7-13(9-14,10-15)12-5-6-18(16,17)8-12/h11-12H,3-10H2,1-2H3. The van der Waals surface area contributed by atoms with Gasteiger partial charge < -0.3 is 0 Å². The Morgan fingerprint density at radius 2 is 1.94 bits per heavy atom. The van der Waals surface area contributed by atoms with Gasteiger partial charge in [0.15, 0.2) is 9.84 Å². The first-order chi connectivity index (χ1) is 8.39. The third-order valence-corrected chi connectivity index (χ3v) is 8.17. The van der Waals surface area contributed by atoms with Crippen LogP contribution in [-0.4, -0.2) is 30.6 Å². The second kappa shape index (κ2) is 7.07. The Balaban J connectivity index is 2.80. The van der Waals surface area contributed by atoms with Crippen LogP contribution in [0.4, 0.5) is 0 Å². The minimum absolute atomic E-state index is 0.0954. The molecule has 2 atom stereocenters. The Hall–Kier alpha value is 0.910. The van der Waals surface area contributed by atoms with Crippen molar-refractivity contribution in [1.29, 1.82) is 0 Å². The van der Waals surface area contributed by atoms with Gasteiger partial charge in [-0.05, 0) is 30.1 Å². The lowest BCUT2D eigenvalue weighted by atomic mass is 9.72. The lowest BCUT2D eigenvalue weighted by Crippen LogP contribution is -2.37. The average Bonchev–Trinajstić information content (AvgIpc) is 2.67. The van der Waals surface area contributed by atoms with Crippen molar-refractivity contribution in [2.24, 2.45) is 17.3 Å². The molecule has 0 radical (unpaired) electrons. The minimum atomic E-state index is -2.79. The molecule has 5 heteroatoms. The Bertz CT molecular complexity index is 350. The Kier molecular flexibility index (Phi) is 6.66. The quantitative estimate of drug-likeness (QED) is 0.601. The smallest absolute Gasteiger partial charge is 0.150 e. The van der Waals surface area contributed by atoms with Gasteiger partial charge >= 0.3 is 0 Å². The van der Waals surface area contributed by atoms with Crippen LogP contribution in [-0.2, 0) is 9.84 Å². The van der Waals surface area contributed by atoms with E-state index in [0.717, 1.165) is 23.5 Å². The van der Waals surface area contributed by atoms with E-state index in [9.17, 15) is 8.42 Å². The molecule has 0 aromatic rings. The molecule has 0 aromatic carbocycles. The van der Waals surface area contributed by atoms with Gasteiger partial charge in [0.25, 0.3) is 0 Å². The van der Waals surface area contributed by atoms with Crippen molar-refractivity contribution < 1.29 is 8.42 Å². The van der Waals surface area contributed by atoms with Crippen LogP contribution in [0.1, 0.15) is 39.5 Å². The van der Waals surface area contributed by atoms with E-state index in [-0.39, 0.29) is 5.41 Å². The number of sulfone groups is 1. The molecule has 0 N–H and O–H groups in total. The van der Waals surface area contributed by atoms with E-state index < -0.39 is 9.84 Å². The first kappa shape index (κ1) is 17.0. The normalized spacial score (nSPS) is 25.2. The summed E-state index contributed by atoms with van der Waals surface area (Å²) < 4.78 is 23.4. The van der Waals surface area contributed by atoms with Crippen LogP contribution in [0, 0.1) is 17.3 Å². The summed E-state index contributed by atoms with van der Waals surface area (Å²) in [5.41, 5.74) is 0.0954. The molecule has 2 nitrogen and oxygen atoms in total. The van der Waals surface area contributed by atoms with Crippen LogP contribution in [0.2, 0.25) is 0 Å². The van der Waals surface area contributed by atoms with E-state index >= 15 is 0 Å². The molecule has 0 amide bonds. The fraction of sp³-hybridized carbons (Fsp3) is 1.00. The van der Waals surface area contributed by atoms with Crippen LogP contribution in [0.25, 0.3) is 0 Å². The third kappa shape index (κ3) is 4.20. The van der Waals surface area contributed by atoms with E-state index in [0.29, 0.717) is 23.3 Å². The highest BCUT2D eigenvalue weighted by molar-refractivity contribution is 9.09. The molecule has 0 aromatic heterocycles. The van der Waals surface area contributed by atoms with Gasteiger partial charge in [0.2, 0.25) is 0 Å². The predicted octanol–water partition coefficient (Wildman–Crippen LogP) is 4.02. The molecule has 0 spiro atoms. The summed E-state index contributed by atoms with van der Waals surface area (Å²) in [7, 11) is -2.79. The molecule has 0 bridgehead atoms. The highest BCUT2D eigenvalue weighted by Gasteiger charge is 2.43. The van der Waals surface area contributed by atoms with Crippen molar-refractivity contribution in [1.82, 2.24) is 0 Å². The second-order valence-electron chi connectivity index (χ2n) is 5.83. The predicted molar refractivity (Wildman–Crippen MR) is 85.5 cm³/mol. The van der Waals surface area contributed by atoms with Crippen molar-refractivity contribution in [2.45, 2.75) is 39.5 Å². The summed E-state index contributed by atoms with van der Waals surface area (Å²) in [5.74, 6) is 1.72. The summed E-state index contributed by atoms with van der Waals surface area (Å²) in [6.07, 6.45) is 4.36. The summed E-state index contributed by atoms with van der Waals surface area (Å²) in [4.78, 5) is 0. The second-order valence-corrected chi connectivity index (χ2v) is 9.18. The number of hydrogen-bond acceptors (Lipinski definition) is 2. The summed E-state index contributed by atoms with van der Waals surface area (Å²) in [6, 6.07) is 0. The van der Waals surface area contributed by atoms with E-state index in [1.54, 1.807) is 0 Å². The van der Waals surface area contributed by atoms with Gasteiger partial charge in [-0.15, -0.1) is 0 Å². The molecular weight excluding hydrogens is 380 g/mol. The molecule has 1 aliphatic heterocycles. The Morgan fingerprint density at radius 3 is 2.33 bits per heavy atom. The topological polar surface area (TPSA) is 34.1 Å². The van der Waals surface area contributed by atoms with Gasteiger partial charge in [0.05, 0.1) is 11.5 Å². The van der Waals surface area contributed by atoms with Gasteiger partial charge in [0.1, 0.15) is 0 Å². The Labute approximate surface area is 128 Å². The van der Waals surface area contributed by atoms with E-state index in [1.165, 1.54) is 12.8 Å². The summed E-state index contributed by atoms with van der Waals surface area (Å²) in [5, 5.41) is 1.78.